The second kappa shape index (κ2) is 10.8. The van der Waals surface area contributed by atoms with Crippen molar-refractivity contribution >= 4 is 5.91 Å². The van der Waals surface area contributed by atoms with Gasteiger partial charge in [0.15, 0.2) is 0 Å². The fraction of sp³-hybridized carbons (Fsp3) is 0.435. The average Bonchev–Trinajstić information content (AvgIpc) is 2.76. The van der Waals surface area contributed by atoms with Gasteiger partial charge >= 0.3 is 0 Å². The number of ether oxygens (including phenoxy) is 1. The van der Waals surface area contributed by atoms with Crippen molar-refractivity contribution in [1.29, 1.82) is 0 Å². The van der Waals surface area contributed by atoms with Gasteiger partial charge in [0.1, 0.15) is 12.4 Å². The number of nitrogens with one attached hydrogen (secondary N) is 1. The van der Waals surface area contributed by atoms with E-state index in [9.17, 15) is 4.79 Å². The molecule has 5 heteroatoms. The molecule has 2 aromatic carbocycles. The highest BCUT2D eigenvalue weighted by molar-refractivity contribution is 5.81. The molecule has 1 atom stereocenters. The number of likely N-dealkylation sites (tertiary alicyclic amines) is 1. The van der Waals surface area contributed by atoms with E-state index in [1.54, 1.807) is 0 Å². The largest absolute Gasteiger partial charge is 0.489 e. The Balaban J connectivity index is 1.34. The van der Waals surface area contributed by atoms with Crippen LogP contribution in [0.15, 0.2) is 54.6 Å². The Morgan fingerprint density at radius 1 is 1.00 bits per heavy atom. The fourth-order valence-electron chi connectivity index (χ4n) is 3.41. The van der Waals surface area contributed by atoms with E-state index in [2.05, 4.69) is 29.6 Å². The number of carbonyl (C=O) groups excluding carboxylic acids is 1. The number of amides is 1. The first-order valence-corrected chi connectivity index (χ1v) is 10.2. The Morgan fingerprint density at radius 3 is 2.43 bits per heavy atom. The minimum Gasteiger partial charge on any atom is -0.489 e. The molecular weight excluding hydrogens is 350 g/mol. The standard InChI is InChI=1S/C23H31N3O2/c24-22(23(27)26-15-5-2-6-16-26)13-14-25-17-19-9-11-21(12-10-19)28-18-20-7-3-1-4-8-20/h1,3-4,7-12,22,25H,2,5-6,13-18,24H2/t22-/m0/s1. The van der Waals surface area contributed by atoms with E-state index in [1.807, 2.05) is 35.2 Å². The van der Waals surface area contributed by atoms with Gasteiger partial charge in [-0.2, -0.15) is 0 Å². The molecule has 150 valence electrons. The lowest BCUT2D eigenvalue weighted by Crippen LogP contribution is -2.46. The Morgan fingerprint density at radius 2 is 1.71 bits per heavy atom. The van der Waals surface area contributed by atoms with E-state index >= 15 is 0 Å². The van der Waals surface area contributed by atoms with Gasteiger partial charge in [-0.25, -0.2) is 0 Å². The van der Waals surface area contributed by atoms with Crippen LogP contribution < -0.4 is 15.8 Å². The van der Waals surface area contributed by atoms with Crippen molar-refractivity contribution in [2.45, 2.75) is 44.9 Å². The summed E-state index contributed by atoms with van der Waals surface area (Å²) in [5.74, 6) is 0.961. The number of piperidine rings is 1. The predicted octanol–water partition coefficient (Wildman–Crippen LogP) is 3.09. The quantitative estimate of drug-likeness (QED) is 0.655. The molecule has 28 heavy (non-hydrogen) atoms. The molecule has 0 saturated carbocycles. The van der Waals surface area contributed by atoms with Crippen molar-refractivity contribution in [3.63, 3.8) is 0 Å². The number of hydrogen-bond acceptors (Lipinski definition) is 4. The van der Waals surface area contributed by atoms with Crippen LogP contribution in [-0.2, 0) is 17.9 Å². The second-order valence-corrected chi connectivity index (χ2v) is 7.38. The van der Waals surface area contributed by atoms with Gasteiger partial charge in [0.2, 0.25) is 5.91 Å². The van der Waals surface area contributed by atoms with Crippen molar-refractivity contribution in [1.82, 2.24) is 10.2 Å². The summed E-state index contributed by atoms with van der Waals surface area (Å²) in [6.45, 7) is 3.77. The number of benzene rings is 2. The van der Waals surface area contributed by atoms with Crippen molar-refractivity contribution < 1.29 is 9.53 Å². The molecule has 1 aliphatic heterocycles. The van der Waals surface area contributed by atoms with Crippen LogP contribution in [-0.4, -0.2) is 36.5 Å². The summed E-state index contributed by atoms with van der Waals surface area (Å²) in [6.07, 6.45) is 4.08. The van der Waals surface area contributed by atoms with E-state index in [0.717, 1.165) is 50.3 Å². The highest BCUT2D eigenvalue weighted by Crippen LogP contribution is 2.14. The summed E-state index contributed by atoms with van der Waals surface area (Å²) in [5, 5.41) is 3.38. The molecule has 0 unspecified atom stereocenters. The van der Waals surface area contributed by atoms with Crippen LogP contribution in [0.3, 0.4) is 0 Å². The molecule has 1 amide bonds. The SMILES string of the molecule is N[C@@H](CCNCc1ccc(OCc2ccccc2)cc1)C(=O)N1CCCCC1. The van der Waals surface area contributed by atoms with Crippen LogP contribution in [0.4, 0.5) is 0 Å². The highest BCUT2D eigenvalue weighted by atomic mass is 16.5. The minimum absolute atomic E-state index is 0.0985. The first-order valence-electron chi connectivity index (χ1n) is 10.2. The lowest BCUT2D eigenvalue weighted by molar-refractivity contribution is -0.133. The second-order valence-electron chi connectivity index (χ2n) is 7.38. The number of hydrogen-bond donors (Lipinski definition) is 2. The zero-order chi connectivity index (χ0) is 19.6. The molecule has 0 aliphatic carbocycles. The maximum atomic E-state index is 12.3. The maximum absolute atomic E-state index is 12.3. The summed E-state index contributed by atoms with van der Waals surface area (Å²) < 4.78 is 5.81. The smallest absolute Gasteiger partial charge is 0.239 e. The molecule has 1 heterocycles. The first kappa shape index (κ1) is 20.4. The molecule has 0 aromatic heterocycles. The summed E-state index contributed by atoms with van der Waals surface area (Å²) >= 11 is 0. The van der Waals surface area contributed by atoms with Gasteiger partial charge in [-0.05, 0) is 55.5 Å². The van der Waals surface area contributed by atoms with Gasteiger partial charge in [0.05, 0.1) is 6.04 Å². The Kier molecular flexibility index (Phi) is 7.88. The molecule has 2 aromatic rings. The Labute approximate surface area is 167 Å². The lowest BCUT2D eigenvalue weighted by Gasteiger charge is -2.29. The number of nitrogens with two attached hydrogens (primary N) is 1. The zero-order valence-electron chi connectivity index (χ0n) is 16.5. The molecular formula is C23H31N3O2. The molecule has 3 rings (SSSR count). The minimum atomic E-state index is -0.403. The average molecular weight is 382 g/mol. The maximum Gasteiger partial charge on any atom is 0.239 e. The van der Waals surface area contributed by atoms with Crippen molar-refractivity contribution in [2.75, 3.05) is 19.6 Å². The van der Waals surface area contributed by atoms with Gasteiger partial charge in [-0.1, -0.05) is 42.5 Å². The fourth-order valence-corrected chi connectivity index (χ4v) is 3.41. The van der Waals surface area contributed by atoms with Gasteiger partial charge in [-0.15, -0.1) is 0 Å². The predicted molar refractivity (Wildman–Crippen MR) is 112 cm³/mol. The third-order valence-corrected chi connectivity index (χ3v) is 5.12. The van der Waals surface area contributed by atoms with Gasteiger partial charge < -0.3 is 20.7 Å². The van der Waals surface area contributed by atoms with Crippen LogP contribution in [0.2, 0.25) is 0 Å². The number of carbonyl (C=O) groups is 1. The summed E-state index contributed by atoms with van der Waals surface area (Å²) in [5.41, 5.74) is 8.42. The van der Waals surface area contributed by atoms with Crippen LogP contribution in [0.5, 0.6) is 5.75 Å². The van der Waals surface area contributed by atoms with Crippen LogP contribution in [0.25, 0.3) is 0 Å². The van der Waals surface area contributed by atoms with E-state index in [-0.39, 0.29) is 5.91 Å². The number of rotatable bonds is 9. The monoisotopic (exact) mass is 381 g/mol. The molecule has 1 saturated heterocycles. The van der Waals surface area contributed by atoms with Crippen molar-refractivity contribution in [2.24, 2.45) is 5.73 Å². The summed E-state index contributed by atoms with van der Waals surface area (Å²) in [6, 6.07) is 17.8. The molecule has 0 bridgehead atoms. The summed E-state index contributed by atoms with van der Waals surface area (Å²) in [7, 11) is 0. The van der Waals surface area contributed by atoms with Crippen LogP contribution in [0, 0.1) is 0 Å². The third kappa shape index (κ3) is 6.36. The van der Waals surface area contributed by atoms with E-state index in [0.29, 0.717) is 13.0 Å². The van der Waals surface area contributed by atoms with Gasteiger partial charge in [-0.3, -0.25) is 4.79 Å². The van der Waals surface area contributed by atoms with Crippen molar-refractivity contribution in [3.05, 3.63) is 65.7 Å². The zero-order valence-corrected chi connectivity index (χ0v) is 16.5. The Bertz CT molecular complexity index is 712. The molecule has 0 spiro atoms. The molecule has 5 nitrogen and oxygen atoms in total. The normalized spacial score (nSPS) is 15.2. The van der Waals surface area contributed by atoms with E-state index < -0.39 is 6.04 Å². The Hall–Kier alpha value is -2.37. The molecule has 3 N–H and O–H groups in total. The molecule has 1 fully saturated rings. The molecule has 0 radical (unpaired) electrons. The topological polar surface area (TPSA) is 67.6 Å². The lowest BCUT2D eigenvalue weighted by atomic mass is 10.1. The first-order chi connectivity index (χ1) is 13.7. The van der Waals surface area contributed by atoms with Crippen LogP contribution in [0.1, 0.15) is 36.8 Å². The molecule has 1 aliphatic rings. The summed E-state index contributed by atoms with van der Waals surface area (Å²) in [4.78, 5) is 14.2. The third-order valence-electron chi connectivity index (χ3n) is 5.12. The highest BCUT2D eigenvalue weighted by Gasteiger charge is 2.21. The van der Waals surface area contributed by atoms with Crippen molar-refractivity contribution in [3.8, 4) is 5.75 Å². The number of nitrogens with zero attached hydrogens (tertiary/aromatic N) is 1. The van der Waals surface area contributed by atoms with E-state index in [1.165, 1.54) is 12.0 Å². The van der Waals surface area contributed by atoms with Gasteiger partial charge in [0.25, 0.3) is 0 Å². The van der Waals surface area contributed by atoms with E-state index in [4.69, 9.17) is 10.5 Å². The van der Waals surface area contributed by atoms with Crippen LogP contribution >= 0.6 is 0 Å². The van der Waals surface area contributed by atoms with Gasteiger partial charge in [0, 0.05) is 19.6 Å².